The summed E-state index contributed by atoms with van der Waals surface area (Å²) in [5.74, 6) is -3.17. The van der Waals surface area contributed by atoms with Gasteiger partial charge < -0.3 is 20.7 Å². The Balaban J connectivity index is 2.00. The number of nitrogens with zero attached hydrogens (tertiary/aromatic N) is 3. The van der Waals surface area contributed by atoms with E-state index in [9.17, 15) is 19.1 Å². The van der Waals surface area contributed by atoms with E-state index in [4.69, 9.17) is 5.73 Å². The number of hydrogen-bond donors (Lipinski definition) is 2. The summed E-state index contributed by atoms with van der Waals surface area (Å²) in [6, 6.07) is 0.778. The van der Waals surface area contributed by atoms with Crippen LogP contribution in [0.5, 0.6) is 0 Å². The van der Waals surface area contributed by atoms with Crippen LogP contribution in [-0.2, 0) is 0 Å². The molecule has 9 heteroatoms. The van der Waals surface area contributed by atoms with Crippen molar-refractivity contribution in [1.82, 2.24) is 4.68 Å². The number of pyridine rings is 1. The van der Waals surface area contributed by atoms with Crippen LogP contribution in [0.2, 0.25) is 0 Å². The summed E-state index contributed by atoms with van der Waals surface area (Å²) >= 11 is 0. The van der Waals surface area contributed by atoms with Gasteiger partial charge in [0.05, 0.1) is 5.39 Å². The average molecular weight is 392 g/mol. The predicted molar refractivity (Wildman–Crippen MR) is 102 cm³/mol. The second-order valence-corrected chi connectivity index (χ2v) is 7.45. The van der Waals surface area contributed by atoms with Crippen LogP contribution >= 0.6 is 0 Å². The number of piperidine rings is 1. The molecule has 1 aromatic carbocycles. The fourth-order valence-electron chi connectivity index (χ4n) is 4.13. The van der Waals surface area contributed by atoms with Gasteiger partial charge in [-0.25, -0.2) is 13.6 Å². The number of rotatable bonds is 3. The van der Waals surface area contributed by atoms with Crippen LogP contribution < -0.4 is 21.1 Å². The fourth-order valence-corrected chi connectivity index (χ4v) is 4.13. The molecule has 2 saturated heterocycles. The van der Waals surface area contributed by atoms with Crippen molar-refractivity contribution >= 4 is 22.6 Å². The number of aromatic carboxylic acids is 1. The third-order valence-corrected chi connectivity index (χ3v) is 5.55. The Hall–Kier alpha value is -2.68. The minimum absolute atomic E-state index is 0.0891. The summed E-state index contributed by atoms with van der Waals surface area (Å²) < 4.78 is 31.8. The first-order valence-corrected chi connectivity index (χ1v) is 9.45. The van der Waals surface area contributed by atoms with E-state index >= 15 is 4.39 Å². The lowest BCUT2D eigenvalue weighted by Gasteiger charge is -2.33. The molecule has 1 aromatic heterocycles. The number of aromatic nitrogens is 1. The molecule has 3 heterocycles. The Labute approximate surface area is 159 Å². The van der Waals surface area contributed by atoms with E-state index in [2.05, 4.69) is 0 Å². The van der Waals surface area contributed by atoms with Crippen molar-refractivity contribution in [2.45, 2.75) is 31.7 Å². The van der Waals surface area contributed by atoms with Gasteiger partial charge >= 0.3 is 5.97 Å². The molecular weight excluding hydrogens is 370 g/mol. The molecule has 2 aliphatic heterocycles. The molecule has 150 valence electrons. The van der Waals surface area contributed by atoms with E-state index in [0.29, 0.717) is 32.6 Å². The smallest absolute Gasteiger partial charge is 0.341 e. The Morgan fingerprint density at radius 1 is 1.18 bits per heavy atom. The Bertz CT molecular complexity index is 1000. The van der Waals surface area contributed by atoms with Crippen LogP contribution in [0.1, 0.15) is 36.0 Å². The minimum Gasteiger partial charge on any atom is -0.477 e. The summed E-state index contributed by atoms with van der Waals surface area (Å²) in [6.07, 6.45) is 4.53. The molecule has 1 unspecified atom stereocenters. The standard InChI is InChI=1S/C19H22F2N4O3/c20-14-8-12-16(15(21)17(14)23-7-4-11(22)9-23)25(24-5-2-1-3-6-24)10-13(18(12)26)19(27)28/h8,10-11H,1-7,9,22H2,(H,27,28). The molecule has 2 aliphatic rings. The zero-order valence-electron chi connectivity index (χ0n) is 15.3. The molecule has 3 N–H and O–H groups in total. The van der Waals surface area contributed by atoms with Crippen LogP contribution in [0.25, 0.3) is 10.9 Å². The average Bonchev–Trinajstić information content (AvgIpc) is 3.09. The summed E-state index contributed by atoms with van der Waals surface area (Å²) in [5, 5.41) is 10.9. The lowest BCUT2D eigenvalue weighted by molar-refractivity contribution is 0.0694. The molecular formula is C19H22F2N4O3. The SMILES string of the molecule is NC1CCN(c2c(F)cc3c(=O)c(C(=O)O)cn(N4CCCCC4)c3c2F)C1. The lowest BCUT2D eigenvalue weighted by Crippen LogP contribution is -2.41. The van der Waals surface area contributed by atoms with Crippen molar-refractivity contribution in [3.63, 3.8) is 0 Å². The Morgan fingerprint density at radius 3 is 2.50 bits per heavy atom. The summed E-state index contributed by atoms with van der Waals surface area (Å²) in [4.78, 5) is 25.7. The van der Waals surface area contributed by atoms with Crippen molar-refractivity contribution in [3.05, 3.63) is 39.7 Å². The van der Waals surface area contributed by atoms with Crippen LogP contribution in [0.3, 0.4) is 0 Å². The summed E-state index contributed by atoms with van der Waals surface area (Å²) in [7, 11) is 0. The number of carboxylic acid groups (broad SMARTS) is 1. The lowest BCUT2D eigenvalue weighted by atomic mass is 10.1. The summed E-state index contributed by atoms with van der Waals surface area (Å²) in [5.41, 5.74) is 4.18. The number of carbonyl (C=O) groups is 1. The Kier molecular flexibility index (Phi) is 4.70. The van der Waals surface area contributed by atoms with E-state index in [1.54, 1.807) is 9.91 Å². The van der Waals surface area contributed by atoms with Gasteiger partial charge in [-0.2, -0.15) is 0 Å². The molecule has 7 nitrogen and oxygen atoms in total. The molecule has 0 radical (unpaired) electrons. The maximum Gasteiger partial charge on any atom is 0.341 e. The van der Waals surface area contributed by atoms with E-state index in [-0.39, 0.29) is 22.6 Å². The second kappa shape index (κ2) is 7.05. The number of hydrogen-bond acceptors (Lipinski definition) is 5. The van der Waals surface area contributed by atoms with Gasteiger partial charge in [-0.05, 0) is 31.7 Å². The van der Waals surface area contributed by atoms with Gasteiger partial charge in [-0.1, -0.05) is 0 Å². The predicted octanol–water partition coefficient (Wildman–Crippen LogP) is 1.64. The number of carboxylic acids is 1. The van der Waals surface area contributed by atoms with Crippen LogP contribution in [0.4, 0.5) is 14.5 Å². The number of nitrogens with two attached hydrogens (primary N) is 1. The van der Waals surface area contributed by atoms with Gasteiger partial charge in [0.2, 0.25) is 5.43 Å². The molecule has 4 rings (SSSR count). The maximum atomic E-state index is 15.6. The Morgan fingerprint density at radius 2 is 1.89 bits per heavy atom. The van der Waals surface area contributed by atoms with Crippen LogP contribution in [0, 0.1) is 11.6 Å². The molecule has 28 heavy (non-hydrogen) atoms. The maximum absolute atomic E-state index is 15.6. The van der Waals surface area contributed by atoms with E-state index < -0.39 is 28.6 Å². The molecule has 1 atom stereocenters. The molecule has 0 aliphatic carbocycles. The van der Waals surface area contributed by atoms with Crippen molar-refractivity contribution in [1.29, 1.82) is 0 Å². The quantitative estimate of drug-likeness (QED) is 0.825. The van der Waals surface area contributed by atoms with E-state index in [1.165, 1.54) is 4.68 Å². The normalized spacial score (nSPS) is 20.2. The monoisotopic (exact) mass is 392 g/mol. The molecule has 2 fully saturated rings. The van der Waals surface area contributed by atoms with E-state index in [0.717, 1.165) is 31.5 Å². The van der Waals surface area contributed by atoms with Gasteiger partial charge in [-0.3, -0.25) is 9.47 Å². The highest BCUT2D eigenvalue weighted by Gasteiger charge is 2.29. The van der Waals surface area contributed by atoms with Crippen molar-refractivity contribution in [2.24, 2.45) is 5.73 Å². The molecule has 2 aromatic rings. The van der Waals surface area contributed by atoms with Gasteiger partial charge in [0.25, 0.3) is 0 Å². The fraction of sp³-hybridized carbons (Fsp3) is 0.474. The van der Waals surface area contributed by atoms with Crippen LogP contribution in [0.15, 0.2) is 17.1 Å². The first-order valence-electron chi connectivity index (χ1n) is 9.45. The summed E-state index contributed by atoms with van der Waals surface area (Å²) in [6.45, 7) is 1.93. The molecule has 0 saturated carbocycles. The first kappa shape index (κ1) is 18.7. The topological polar surface area (TPSA) is 91.8 Å². The number of fused-ring (bicyclic) bond motifs is 1. The second-order valence-electron chi connectivity index (χ2n) is 7.45. The van der Waals surface area contributed by atoms with Crippen molar-refractivity contribution in [2.75, 3.05) is 36.1 Å². The zero-order chi connectivity index (χ0) is 20.0. The molecule has 0 bridgehead atoms. The van der Waals surface area contributed by atoms with Gasteiger partial charge in [0.1, 0.15) is 22.6 Å². The third-order valence-electron chi connectivity index (χ3n) is 5.55. The largest absolute Gasteiger partial charge is 0.477 e. The van der Waals surface area contributed by atoms with Gasteiger partial charge in [0, 0.05) is 38.4 Å². The highest BCUT2D eigenvalue weighted by atomic mass is 19.1. The minimum atomic E-state index is -1.42. The van der Waals surface area contributed by atoms with Gasteiger partial charge in [0.15, 0.2) is 5.82 Å². The number of anilines is 1. The zero-order valence-corrected chi connectivity index (χ0v) is 15.3. The highest BCUT2D eigenvalue weighted by Crippen LogP contribution is 2.32. The van der Waals surface area contributed by atoms with E-state index in [1.807, 2.05) is 0 Å². The molecule has 0 amide bonds. The highest BCUT2D eigenvalue weighted by molar-refractivity contribution is 5.94. The van der Waals surface area contributed by atoms with Crippen molar-refractivity contribution < 1.29 is 18.7 Å². The number of halogens is 2. The number of benzene rings is 1. The molecule has 0 spiro atoms. The van der Waals surface area contributed by atoms with Gasteiger partial charge in [-0.15, -0.1) is 0 Å². The van der Waals surface area contributed by atoms with Crippen molar-refractivity contribution in [3.8, 4) is 0 Å². The van der Waals surface area contributed by atoms with Crippen LogP contribution in [-0.4, -0.2) is 48.0 Å². The third kappa shape index (κ3) is 2.99. The first-order chi connectivity index (χ1) is 13.4.